The number of anilines is 3. The summed E-state index contributed by atoms with van der Waals surface area (Å²) in [4.78, 5) is 2.36. The van der Waals surface area contributed by atoms with Gasteiger partial charge in [0.05, 0.1) is 16.4 Å². The SMILES string of the molecule is c1ccc(-c2cc(-c3ccccc3)cc(N(c3ccccc3)c3cccc(-c4ccc5c(c4)oc4c5ccc5c4c4ccccc4n5-c4ccccc4)c3)c2)cc1. The van der Waals surface area contributed by atoms with Crippen molar-refractivity contribution in [2.24, 2.45) is 0 Å². The van der Waals surface area contributed by atoms with Gasteiger partial charge in [-0.2, -0.15) is 0 Å². The summed E-state index contributed by atoms with van der Waals surface area (Å²) in [5.41, 5.74) is 15.4. The zero-order valence-electron chi connectivity index (χ0n) is 31.1. The van der Waals surface area contributed by atoms with Gasteiger partial charge in [-0.3, -0.25) is 0 Å². The normalized spacial score (nSPS) is 11.5. The van der Waals surface area contributed by atoms with E-state index in [-0.39, 0.29) is 0 Å². The Labute approximate surface area is 330 Å². The van der Waals surface area contributed by atoms with Crippen LogP contribution in [0.2, 0.25) is 0 Å². The van der Waals surface area contributed by atoms with Crippen LogP contribution in [0.3, 0.4) is 0 Å². The van der Waals surface area contributed by atoms with Crippen molar-refractivity contribution < 1.29 is 4.42 Å². The first kappa shape index (κ1) is 32.8. The largest absolute Gasteiger partial charge is 0.455 e. The van der Waals surface area contributed by atoms with Gasteiger partial charge in [0.2, 0.25) is 0 Å². The van der Waals surface area contributed by atoms with E-state index in [4.69, 9.17) is 4.42 Å². The van der Waals surface area contributed by atoms with Crippen LogP contribution in [0.1, 0.15) is 0 Å². The van der Waals surface area contributed by atoms with Crippen molar-refractivity contribution in [3.05, 3.63) is 218 Å². The van der Waals surface area contributed by atoms with E-state index in [9.17, 15) is 0 Å². The van der Waals surface area contributed by atoms with Gasteiger partial charge in [0.25, 0.3) is 0 Å². The van der Waals surface area contributed by atoms with E-state index in [0.29, 0.717) is 0 Å². The minimum Gasteiger partial charge on any atom is -0.455 e. The van der Waals surface area contributed by atoms with Crippen LogP contribution in [0.15, 0.2) is 223 Å². The second kappa shape index (κ2) is 13.6. The predicted octanol–water partition coefficient (Wildman–Crippen LogP) is 15.2. The zero-order chi connectivity index (χ0) is 37.7. The minimum atomic E-state index is 0.875. The van der Waals surface area contributed by atoms with Crippen LogP contribution in [-0.2, 0) is 0 Å². The van der Waals surface area contributed by atoms with Crippen LogP contribution < -0.4 is 4.90 Å². The maximum absolute atomic E-state index is 6.89. The molecule has 0 N–H and O–H groups in total. The Kier molecular flexibility index (Phi) is 7.82. The molecule has 268 valence electrons. The van der Waals surface area contributed by atoms with Gasteiger partial charge < -0.3 is 13.9 Å². The molecule has 0 amide bonds. The molecule has 0 aliphatic rings. The van der Waals surface area contributed by atoms with Crippen molar-refractivity contribution in [1.82, 2.24) is 4.57 Å². The first-order valence-electron chi connectivity index (χ1n) is 19.4. The molecule has 11 aromatic rings. The van der Waals surface area contributed by atoms with E-state index in [2.05, 4.69) is 228 Å². The summed E-state index contributed by atoms with van der Waals surface area (Å²) in [6.07, 6.45) is 0. The lowest BCUT2D eigenvalue weighted by Gasteiger charge is -2.27. The van der Waals surface area contributed by atoms with E-state index < -0.39 is 0 Å². The first-order valence-corrected chi connectivity index (χ1v) is 19.4. The number of hydrogen-bond acceptors (Lipinski definition) is 2. The lowest BCUT2D eigenvalue weighted by atomic mass is 9.97. The third-order valence-corrected chi connectivity index (χ3v) is 11.1. The summed E-state index contributed by atoms with van der Waals surface area (Å²) in [6, 6.07) is 78.0. The fraction of sp³-hybridized carbons (Fsp3) is 0. The van der Waals surface area contributed by atoms with Crippen LogP contribution >= 0.6 is 0 Å². The lowest BCUT2D eigenvalue weighted by molar-refractivity contribution is 0.673. The van der Waals surface area contributed by atoms with Gasteiger partial charge in [-0.1, -0.05) is 133 Å². The molecular weight excluding hydrogens is 693 g/mol. The minimum absolute atomic E-state index is 0.875. The van der Waals surface area contributed by atoms with E-state index >= 15 is 0 Å². The fourth-order valence-electron chi connectivity index (χ4n) is 8.50. The zero-order valence-corrected chi connectivity index (χ0v) is 31.1. The number of hydrogen-bond donors (Lipinski definition) is 0. The Balaban J connectivity index is 1.06. The average Bonchev–Trinajstić information content (AvgIpc) is 3.83. The van der Waals surface area contributed by atoms with Crippen molar-refractivity contribution in [2.75, 3.05) is 4.90 Å². The number of para-hydroxylation sites is 3. The van der Waals surface area contributed by atoms with E-state index in [1.807, 2.05) is 0 Å². The summed E-state index contributed by atoms with van der Waals surface area (Å²) >= 11 is 0. The van der Waals surface area contributed by atoms with Crippen LogP contribution in [0.25, 0.3) is 82.8 Å². The van der Waals surface area contributed by atoms with Crippen LogP contribution in [0, 0.1) is 0 Å². The number of nitrogens with zero attached hydrogens (tertiary/aromatic N) is 2. The molecular formula is C54H36N2O. The summed E-state index contributed by atoms with van der Waals surface area (Å²) < 4.78 is 9.23. The molecule has 0 aliphatic carbocycles. The summed E-state index contributed by atoms with van der Waals surface area (Å²) in [6.45, 7) is 0. The molecule has 0 saturated heterocycles. The highest BCUT2D eigenvalue weighted by molar-refractivity contribution is 6.24. The molecule has 0 atom stereocenters. The highest BCUT2D eigenvalue weighted by atomic mass is 16.3. The smallest absolute Gasteiger partial charge is 0.145 e. The second-order valence-corrected chi connectivity index (χ2v) is 14.6. The number of furan rings is 1. The molecule has 0 bridgehead atoms. The Bertz CT molecular complexity index is 3160. The molecule has 0 unspecified atom stereocenters. The van der Waals surface area contributed by atoms with Gasteiger partial charge in [-0.25, -0.2) is 0 Å². The van der Waals surface area contributed by atoms with Crippen molar-refractivity contribution in [2.45, 2.75) is 0 Å². The molecule has 3 heteroatoms. The Morgan fingerprint density at radius 1 is 0.333 bits per heavy atom. The van der Waals surface area contributed by atoms with Crippen molar-refractivity contribution in [1.29, 1.82) is 0 Å². The third kappa shape index (κ3) is 5.68. The average molecular weight is 729 g/mol. The molecule has 2 aromatic heterocycles. The summed E-state index contributed by atoms with van der Waals surface area (Å²) in [5.74, 6) is 0. The predicted molar refractivity (Wildman–Crippen MR) is 239 cm³/mol. The number of benzene rings is 9. The maximum Gasteiger partial charge on any atom is 0.145 e. The van der Waals surface area contributed by atoms with Crippen molar-refractivity contribution in [3.63, 3.8) is 0 Å². The highest BCUT2D eigenvalue weighted by Crippen LogP contribution is 2.43. The standard InChI is InChI=1S/C54H36N2O/c1-5-16-37(17-6-1)41-32-42(38-18-7-2-8-19-38)35-46(34-41)55(43-21-9-3-10-22-43)45-25-15-20-39(33-45)40-28-29-47-48-30-31-51-53(54(48)57-52(47)36-40)49-26-13-14-27-50(49)56(51)44-23-11-4-12-24-44/h1-36H. The van der Waals surface area contributed by atoms with Gasteiger partial charge >= 0.3 is 0 Å². The van der Waals surface area contributed by atoms with Crippen LogP contribution in [0.5, 0.6) is 0 Å². The quantitative estimate of drug-likeness (QED) is 0.163. The molecule has 11 rings (SSSR count). The van der Waals surface area contributed by atoms with Gasteiger partial charge in [0.15, 0.2) is 0 Å². The van der Waals surface area contributed by atoms with Crippen LogP contribution in [-0.4, -0.2) is 4.57 Å². The van der Waals surface area contributed by atoms with Gasteiger partial charge in [-0.15, -0.1) is 0 Å². The number of aromatic nitrogens is 1. The molecule has 9 aromatic carbocycles. The lowest BCUT2D eigenvalue weighted by Crippen LogP contribution is -2.10. The van der Waals surface area contributed by atoms with E-state index in [1.54, 1.807) is 0 Å². The fourth-order valence-corrected chi connectivity index (χ4v) is 8.50. The second-order valence-electron chi connectivity index (χ2n) is 14.6. The van der Waals surface area contributed by atoms with Gasteiger partial charge in [0.1, 0.15) is 11.2 Å². The molecule has 0 spiro atoms. The first-order chi connectivity index (χ1) is 28.3. The summed E-state index contributed by atoms with van der Waals surface area (Å²) in [5, 5.41) is 4.55. The third-order valence-electron chi connectivity index (χ3n) is 11.1. The molecule has 0 aliphatic heterocycles. The Hall–Kier alpha value is -7.62. The highest BCUT2D eigenvalue weighted by Gasteiger charge is 2.20. The topological polar surface area (TPSA) is 21.3 Å². The van der Waals surface area contributed by atoms with Crippen molar-refractivity contribution >= 4 is 60.8 Å². The molecule has 0 radical (unpaired) electrons. The van der Waals surface area contributed by atoms with E-state index in [1.165, 1.54) is 27.6 Å². The monoisotopic (exact) mass is 728 g/mol. The number of fused-ring (bicyclic) bond motifs is 7. The Morgan fingerprint density at radius 3 is 1.61 bits per heavy atom. The number of rotatable bonds is 7. The van der Waals surface area contributed by atoms with Gasteiger partial charge in [-0.05, 0) is 118 Å². The summed E-state index contributed by atoms with van der Waals surface area (Å²) in [7, 11) is 0. The molecule has 0 fully saturated rings. The Morgan fingerprint density at radius 2 is 0.895 bits per heavy atom. The maximum atomic E-state index is 6.89. The van der Waals surface area contributed by atoms with Crippen molar-refractivity contribution in [3.8, 4) is 39.1 Å². The molecule has 0 saturated carbocycles. The van der Waals surface area contributed by atoms with Crippen LogP contribution in [0.4, 0.5) is 17.1 Å². The van der Waals surface area contributed by atoms with Gasteiger partial charge in [0, 0.05) is 38.9 Å². The van der Waals surface area contributed by atoms with E-state index in [0.717, 1.165) is 72.2 Å². The molecule has 2 heterocycles. The molecule has 57 heavy (non-hydrogen) atoms. The molecule has 3 nitrogen and oxygen atoms in total.